The van der Waals surface area contributed by atoms with Gasteiger partial charge in [0.1, 0.15) is 0 Å². The van der Waals surface area contributed by atoms with Crippen molar-refractivity contribution in [2.75, 3.05) is 13.6 Å². The molecule has 0 radical (unpaired) electrons. The maximum Gasteiger partial charge on any atom is 0.0486 e. The van der Waals surface area contributed by atoms with Crippen molar-refractivity contribution in [3.8, 4) is 0 Å². The van der Waals surface area contributed by atoms with Crippen LogP contribution in [0.2, 0.25) is 0 Å². The van der Waals surface area contributed by atoms with Gasteiger partial charge in [0.15, 0.2) is 0 Å². The molecule has 0 aliphatic carbocycles. The molecule has 0 spiro atoms. The van der Waals surface area contributed by atoms with Gasteiger partial charge >= 0.3 is 0 Å². The minimum absolute atomic E-state index is 0. The van der Waals surface area contributed by atoms with E-state index in [4.69, 9.17) is 0 Å². The summed E-state index contributed by atoms with van der Waals surface area (Å²) >= 11 is 0. The molecule has 3 nitrogen and oxygen atoms in total. The van der Waals surface area contributed by atoms with Crippen LogP contribution in [-0.2, 0) is 25.9 Å². The van der Waals surface area contributed by atoms with Crippen molar-refractivity contribution in [3.63, 3.8) is 0 Å². The van der Waals surface area contributed by atoms with Gasteiger partial charge in [-0.25, -0.2) is 0 Å². The molecule has 1 aromatic carbocycles. The van der Waals surface area contributed by atoms with Gasteiger partial charge in [0, 0.05) is 42.1 Å². The van der Waals surface area contributed by atoms with Gasteiger partial charge in [0.2, 0.25) is 0 Å². The highest BCUT2D eigenvalue weighted by atomic mass is 35.5. The predicted octanol–water partition coefficient (Wildman–Crippen LogP) is 4.81. The molecule has 26 heavy (non-hydrogen) atoms. The third-order valence-corrected chi connectivity index (χ3v) is 5.17. The van der Waals surface area contributed by atoms with Crippen molar-refractivity contribution in [1.29, 1.82) is 0 Å². The maximum absolute atomic E-state index is 4.26. The predicted molar refractivity (Wildman–Crippen MR) is 114 cm³/mol. The Balaban J connectivity index is 0.00000121. The molecule has 0 unspecified atom stereocenters. The summed E-state index contributed by atoms with van der Waals surface area (Å²) in [6, 6.07) is 11.1. The SMILES string of the molecule is Cc1ccc2c(c1)c1c(n2CCc2cccnc2)CCCN(C)C1.Cl.Cl. The number of halogens is 2. The van der Waals surface area contributed by atoms with Crippen LogP contribution in [0.1, 0.15) is 28.8 Å². The number of rotatable bonds is 3. The molecule has 0 saturated carbocycles. The average molecular weight is 392 g/mol. The molecule has 0 N–H and O–H groups in total. The molecule has 140 valence electrons. The van der Waals surface area contributed by atoms with Gasteiger partial charge in [-0.15, -0.1) is 24.8 Å². The number of pyridine rings is 1. The van der Waals surface area contributed by atoms with Gasteiger partial charge in [-0.2, -0.15) is 0 Å². The smallest absolute Gasteiger partial charge is 0.0486 e. The van der Waals surface area contributed by atoms with E-state index in [1.165, 1.54) is 41.4 Å². The highest BCUT2D eigenvalue weighted by molar-refractivity contribution is 5.86. The molecule has 0 bridgehead atoms. The van der Waals surface area contributed by atoms with Crippen LogP contribution in [-0.4, -0.2) is 28.0 Å². The van der Waals surface area contributed by atoms with Crippen LogP contribution in [0, 0.1) is 6.92 Å². The molecule has 1 aliphatic heterocycles. The number of aromatic nitrogens is 2. The summed E-state index contributed by atoms with van der Waals surface area (Å²) in [5, 5.41) is 1.45. The van der Waals surface area contributed by atoms with Gasteiger partial charge in [-0.3, -0.25) is 4.98 Å². The minimum Gasteiger partial charge on any atom is -0.344 e. The molecule has 0 amide bonds. The fraction of sp³-hybridized carbons (Fsp3) is 0.381. The second-order valence-electron chi connectivity index (χ2n) is 7.05. The van der Waals surface area contributed by atoms with Crippen molar-refractivity contribution in [2.45, 2.75) is 39.3 Å². The molecule has 0 saturated heterocycles. The number of hydrogen-bond acceptors (Lipinski definition) is 2. The standard InChI is InChI=1S/C21H25N3.2ClH/c1-16-7-8-21-18(13-16)19-15-23(2)11-4-6-20(19)24(21)12-9-17-5-3-10-22-14-17;;/h3,5,7-8,10,13-14H,4,6,9,11-12,15H2,1-2H3;2*1H. The van der Waals surface area contributed by atoms with Crippen LogP contribution >= 0.6 is 24.8 Å². The number of nitrogens with zero attached hydrogens (tertiary/aromatic N) is 3. The zero-order valence-electron chi connectivity index (χ0n) is 15.4. The lowest BCUT2D eigenvalue weighted by Crippen LogP contribution is -2.17. The van der Waals surface area contributed by atoms with Gasteiger partial charge in [0.25, 0.3) is 0 Å². The zero-order chi connectivity index (χ0) is 16.5. The quantitative estimate of drug-likeness (QED) is 0.638. The van der Waals surface area contributed by atoms with E-state index in [1.54, 1.807) is 11.3 Å². The third-order valence-electron chi connectivity index (χ3n) is 5.17. The Labute approximate surface area is 168 Å². The second kappa shape index (κ2) is 8.90. The van der Waals surface area contributed by atoms with Crippen LogP contribution in [0.15, 0.2) is 42.7 Å². The number of benzene rings is 1. The lowest BCUT2D eigenvalue weighted by Gasteiger charge is -2.12. The first kappa shape index (κ1) is 20.8. The Morgan fingerprint density at radius 2 is 2.00 bits per heavy atom. The zero-order valence-corrected chi connectivity index (χ0v) is 17.1. The van der Waals surface area contributed by atoms with E-state index in [0.29, 0.717) is 0 Å². The second-order valence-corrected chi connectivity index (χ2v) is 7.05. The molecule has 0 atom stereocenters. The Morgan fingerprint density at radius 1 is 1.15 bits per heavy atom. The van der Waals surface area contributed by atoms with E-state index in [2.05, 4.69) is 52.7 Å². The highest BCUT2D eigenvalue weighted by Crippen LogP contribution is 2.31. The van der Waals surface area contributed by atoms with Gasteiger partial charge in [-0.05, 0) is 69.1 Å². The first-order valence-corrected chi connectivity index (χ1v) is 8.90. The maximum atomic E-state index is 4.26. The van der Waals surface area contributed by atoms with E-state index >= 15 is 0 Å². The van der Waals surface area contributed by atoms with Crippen LogP contribution in [0.25, 0.3) is 10.9 Å². The molecule has 5 heteroatoms. The summed E-state index contributed by atoms with van der Waals surface area (Å²) in [7, 11) is 2.24. The highest BCUT2D eigenvalue weighted by Gasteiger charge is 2.20. The first-order valence-electron chi connectivity index (χ1n) is 8.90. The minimum atomic E-state index is 0. The number of fused-ring (bicyclic) bond motifs is 3. The van der Waals surface area contributed by atoms with Gasteiger partial charge < -0.3 is 9.47 Å². The lowest BCUT2D eigenvalue weighted by atomic mass is 10.1. The Hall–Kier alpha value is -1.55. The van der Waals surface area contributed by atoms with E-state index in [1.807, 2.05) is 18.5 Å². The van der Waals surface area contributed by atoms with Crippen molar-refractivity contribution < 1.29 is 0 Å². The summed E-state index contributed by atoms with van der Waals surface area (Å²) in [5.41, 5.74) is 7.14. The van der Waals surface area contributed by atoms with Gasteiger partial charge in [-0.1, -0.05) is 17.7 Å². The summed E-state index contributed by atoms with van der Waals surface area (Å²) in [6.07, 6.45) is 7.29. The molecule has 3 heterocycles. The van der Waals surface area contributed by atoms with E-state index < -0.39 is 0 Å². The third kappa shape index (κ3) is 4.06. The fourth-order valence-corrected chi connectivity index (χ4v) is 3.96. The summed E-state index contributed by atoms with van der Waals surface area (Å²) in [5.74, 6) is 0. The van der Waals surface area contributed by atoms with Crippen molar-refractivity contribution >= 4 is 35.7 Å². The topological polar surface area (TPSA) is 21.1 Å². The molecular formula is C21H27Cl2N3. The Bertz CT molecular complexity index is 859. The fourth-order valence-electron chi connectivity index (χ4n) is 3.96. The molecule has 3 aromatic rings. The van der Waals surface area contributed by atoms with Crippen LogP contribution in [0.4, 0.5) is 0 Å². The lowest BCUT2D eigenvalue weighted by molar-refractivity contribution is 0.333. The summed E-state index contributed by atoms with van der Waals surface area (Å²) < 4.78 is 2.57. The number of hydrogen-bond donors (Lipinski definition) is 0. The Kier molecular flexibility index (Phi) is 7.10. The Morgan fingerprint density at radius 3 is 2.77 bits per heavy atom. The monoisotopic (exact) mass is 391 g/mol. The molecule has 4 rings (SSSR count). The van der Waals surface area contributed by atoms with Crippen LogP contribution in [0.3, 0.4) is 0 Å². The largest absolute Gasteiger partial charge is 0.344 e. The van der Waals surface area contributed by atoms with E-state index in [9.17, 15) is 0 Å². The molecule has 1 aliphatic rings. The van der Waals surface area contributed by atoms with Gasteiger partial charge in [0.05, 0.1) is 0 Å². The average Bonchev–Trinajstić information content (AvgIpc) is 2.73. The number of aryl methyl sites for hydroxylation is 3. The molecular weight excluding hydrogens is 365 g/mol. The summed E-state index contributed by atoms with van der Waals surface area (Å²) in [4.78, 5) is 6.71. The van der Waals surface area contributed by atoms with Crippen molar-refractivity contribution in [2.24, 2.45) is 0 Å². The van der Waals surface area contributed by atoms with Crippen molar-refractivity contribution in [1.82, 2.24) is 14.5 Å². The van der Waals surface area contributed by atoms with Crippen molar-refractivity contribution in [3.05, 3.63) is 65.1 Å². The van der Waals surface area contributed by atoms with Crippen LogP contribution in [0.5, 0.6) is 0 Å². The first-order chi connectivity index (χ1) is 11.7. The van der Waals surface area contributed by atoms with Crippen LogP contribution < -0.4 is 0 Å². The van der Waals surface area contributed by atoms with E-state index in [-0.39, 0.29) is 24.8 Å². The normalized spacial score (nSPS) is 14.2. The molecule has 0 fully saturated rings. The summed E-state index contributed by atoms with van der Waals surface area (Å²) in [6.45, 7) is 5.48. The molecule has 2 aromatic heterocycles. The van der Waals surface area contributed by atoms with E-state index in [0.717, 1.165) is 19.5 Å².